The third-order valence-corrected chi connectivity index (χ3v) is 2.15. The zero-order valence-electron chi connectivity index (χ0n) is 9.33. The van der Waals surface area contributed by atoms with Gasteiger partial charge in [-0.3, -0.25) is 0 Å². The zero-order valence-corrected chi connectivity index (χ0v) is 10.1. The molecule has 2 N–H and O–H groups in total. The van der Waals surface area contributed by atoms with Crippen molar-refractivity contribution in [1.29, 1.82) is 0 Å². The number of rotatable bonds is 4. The Kier molecular flexibility index (Phi) is 6.34. The molecule has 0 aromatic heterocycles. The number of hydrogen-bond donors (Lipinski definition) is 1. The van der Waals surface area contributed by atoms with Gasteiger partial charge in [-0.15, -0.1) is 25.6 Å². The third-order valence-electron chi connectivity index (χ3n) is 2.15. The lowest BCUT2D eigenvalue weighted by Gasteiger charge is -2.12. The molecule has 0 saturated heterocycles. The lowest BCUT2D eigenvalue weighted by molar-refractivity contribution is -0.274. The quantitative estimate of drug-likeness (QED) is 0.910. The molecule has 0 radical (unpaired) electrons. The second kappa shape index (κ2) is 6.71. The van der Waals surface area contributed by atoms with E-state index in [-0.39, 0.29) is 24.2 Å². The van der Waals surface area contributed by atoms with Gasteiger partial charge in [-0.05, 0) is 30.5 Å². The minimum Gasteiger partial charge on any atom is -0.406 e. The average Bonchev–Trinajstić information content (AvgIpc) is 2.15. The maximum atomic E-state index is 12.0. The van der Waals surface area contributed by atoms with Crippen LogP contribution in [0.5, 0.6) is 5.75 Å². The van der Waals surface area contributed by atoms with Crippen LogP contribution in [-0.2, 0) is 6.42 Å². The standard InChI is InChI=1S/C11H14F3NO.ClH/c1-2-9(15)6-8-4-3-5-10(7-8)16-11(12,13)14;/h3-5,7,9H,2,6,15H2,1H3;1H. The molecular formula is C11H15ClF3NO. The van der Waals surface area contributed by atoms with Gasteiger partial charge in [0.2, 0.25) is 0 Å². The van der Waals surface area contributed by atoms with Gasteiger partial charge >= 0.3 is 6.36 Å². The molecule has 0 aliphatic carbocycles. The smallest absolute Gasteiger partial charge is 0.406 e. The molecule has 0 bridgehead atoms. The van der Waals surface area contributed by atoms with Crippen LogP contribution in [0.2, 0.25) is 0 Å². The number of ether oxygens (including phenoxy) is 1. The first kappa shape index (κ1) is 16.1. The fourth-order valence-electron chi connectivity index (χ4n) is 1.32. The number of alkyl halides is 3. The van der Waals surface area contributed by atoms with Crippen molar-refractivity contribution in [3.05, 3.63) is 29.8 Å². The SMILES string of the molecule is CCC(N)Cc1cccc(OC(F)(F)F)c1.Cl. The van der Waals surface area contributed by atoms with Crippen LogP contribution in [0.15, 0.2) is 24.3 Å². The predicted octanol–water partition coefficient (Wildman–Crippen LogP) is 3.29. The fraction of sp³-hybridized carbons (Fsp3) is 0.455. The van der Waals surface area contributed by atoms with E-state index in [1.165, 1.54) is 18.2 Å². The van der Waals surface area contributed by atoms with Crippen LogP contribution in [0.1, 0.15) is 18.9 Å². The van der Waals surface area contributed by atoms with E-state index in [2.05, 4.69) is 4.74 Å². The van der Waals surface area contributed by atoms with Crippen molar-refractivity contribution < 1.29 is 17.9 Å². The molecule has 0 amide bonds. The molecule has 1 aromatic rings. The zero-order chi connectivity index (χ0) is 12.2. The van der Waals surface area contributed by atoms with Crippen LogP contribution in [0.25, 0.3) is 0 Å². The van der Waals surface area contributed by atoms with Crippen molar-refractivity contribution >= 4 is 12.4 Å². The highest BCUT2D eigenvalue weighted by atomic mass is 35.5. The van der Waals surface area contributed by atoms with Gasteiger partial charge in [0.1, 0.15) is 5.75 Å². The van der Waals surface area contributed by atoms with Crippen LogP contribution in [0.3, 0.4) is 0 Å². The normalized spacial score (nSPS) is 12.8. The molecular weight excluding hydrogens is 255 g/mol. The van der Waals surface area contributed by atoms with E-state index in [0.29, 0.717) is 6.42 Å². The van der Waals surface area contributed by atoms with E-state index in [4.69, 9.17) is 5.73 Å². The maximum absolute atomic E-state index is 12.0. The number of hydrogen-bond acceptors (Lipinski definition) is 2. The lowest BCUT2D eigenvalue weighted by Crippen LogP contribution is -2.21. The van der Waals surface area contributed by atoms with Crippen molar-refractivity contribution in [3.63, 3.8) is 0 Å². The molecule has 1 atom stereocenters. The molecule has 2 nitrogen and oxygen atoms in total. The Morgan fingerprint density at radius 3 is 2.53 bits per heavy atom. The van der Waals surface area contributed by atoms with E-state index in [1.807, 2.05) is 6.92 Å². The molecule has 0 spiro atoms. The molecule has 0 heterocycles. The van der Waals surface area contributed by atoms with Gasteiger partial charge in [-0.2, -0.15) is 0 Å². The summed E-state index contributed by atoms with van der Waals surface area (Å²) < 4.78 is 39.7. The average molecular weight is 270 g/mol. The molecule has 0 aliphatic rings. The molecule has 1 aromatic carbocycles. The Morgan fingerprint density at radius 2 is 2.00 bits per heavy atom. The summed E-state index contributed by atoms with van der Waals surface area (Å²) in [6.45, 7) is 1.93. The van der Waals surface area contributed by atoms with Crippen molar-refractivity contribution in [2.75, 3.05) is 0 Å². The van der Waals surface area contributed by atoms with Gasteiger partial charge < -0.3 is 10.5 Å². The molecule has 1 rings (SSSR count). The first-order chi connectivity index (χ1) is 7.40. The maximum Gasteiger partial charge on any atom is 0.573 e. The number of nitrogens with two attached hydrogens (primary N) is 1. The van der Waals surface area contributed by atoms with Gasteiger partial charge in [0, 0.05) is 6.04 Å². The summed E-state index contributed by atoms with van der Waals surface area (Å²) in [5, 5.41) is 0. The van der Waals surface area contributed by atoms with Crippen molar-refractivity contribution in [2.24, 2.45) is 5.73 Å². The summed E-state index contributed by atoms with van der Waals surface area (Å²) in [6, 6.07) is 5.86. The van der Waals surface area contributed by atoms with Crippen LogP contribution in [0, 0.1) is 0 Å². The van der Waals surface area contributed by atoms with Crippen LogP contribution < -0.4 is 10.5 Å². The molecule has 17 heavy (non-hydrogen) atoms. The Hall–Kier alpha value is -0.940. The molecule has 1 unspecified atom stereocenters. The number of benzene rings is 1. The minimum absolute atomic E-state index is 0. The second-order valence-electron chi connectivity index (χ2n) is 3.57. The summed E-state index contributed by atoms with van der Waals surface area (Å²) in [5.41, 5.74) is 6.47. The minimum atomic E-state index is -4.65. The van der Waals surface area contributed by atoms with E-state index in [9.17, 15) is 13.2 Å². The van der Waals surface area contributed by atoms with Crippen molar-refractivity contribution in [1.82, 2.24) is 0 Å². The van der Waals surface area contributed by atoms with Gasteiger partial charge in [0.25, 0.3) is 0 Å². The molecule has 0 fully saturated rings. The molecule has 6 heteroatoms. The second-order valence-corrected chi connectivity index (χ2v) is 3.57. The van der Waals surface area contributed by atoms with Crippen molar-refractivity contribution in [3.8, 4) is 5.75 Å². The van der Waals surface area contributed by atoms with Crippen LogP contribution >= 0.6 is 12.4 Å². The fourth-order valence-corrected chi connectivity index (χ4v) is 1.32. The van der Waals surface area contributed by atoms with E-state index in [1.54, 1.807) is 6.07 Å². The Labute approximate surface area is 104 Å². The molecule has 98 valence electrons. The van der Waals surface area contributed by atoms with E-state index >= 15 is 0 Å². The summed E-state index contributed by atoms with van der Waals surface area (Å²) in [6.07, 6.45) is -3.32. The van der Waals surface area contributed by atoms with Crippen LogP contribution in [0.4, 0.5) is 13.2 Å². The Balaban J connectivity index is 0.00000256. The molecule has 0 saturated carbocycles. The van der Waals surface area contributed by atoms with Crippen LogP contribution in [-0.4, -0.2) is 12.4 Å². The van der Waals surface area contributed by atoms with E-state index in [0.717, 1.165) is 12.0 Å². The highest BCUT2D eigenvalue weighted by molar-refractivity contribution is 5.85. The summed E-state index contributed by atoms with van der Waals surface area (Å²) in [5.74, 6) is -0.201. The topological polar surface area (TPSA) is 35.2 Å². The van der Waals surface area contributed by atoms with Gasteiger partial charge in [-0.25, -0.2) is 0 Å². The lowest BCUT2D eigenvalue weighted by atomic mass is 10.0. The summed E-state index contributed by atoms with van der Waals surface area (Å²) in [4.78, 5) is 0. The number of halogens is 4. The largest absolute Gasteiger partial charge is 0.573 e. The Bertz CT molecular complexity index is 344. The van der Waals surface area contributed by atoms with Crippen molar-refractivity contribution in [2.45, 2.75) is 32.2 Å². The molecule has 0 aliphatic heterocycles. The first-order valence-electron chi connectivity index (χ1n) is 5.01. The van der Waals surface area contributed by atoms with E-state index < -0.39 is 6.36 Å². The van der Waals surface area contributed by atoms with Gasteiger partial charge in [-0.1, -0.05) is 19.1 Å². The monoisotopic (exact) mass is 269 g/mol. The highest BCUT2D eigenvalue weighted by Gasteiger charge is 2.31. The Morgan fingerprint density at radius 1 is 1.35 bits per heavy atom. The highest BCUT2D eigenvalue weighted by Crippen LogP contribution is 2.23. The van der Waals surface area contributed by atoms with Gasteiger partial charge in [0.05, 0.1) is 0 Å². The summed E-state index contributed by atoms with van der Waals surface area (Å²) >= 11 is 0. The first-order valence-corrected chi connectivity index (χ1v) is 5.01. The van der Waals surface area contributed by atoms with Gasteiger partial charge in [0.15, 0.2) is 0 Å². The predicted molar refractivity (Wildman–Crippen MR) is 62.3 cm³/mol. The third kappa shape index (κ3) is 6.38. The summed E-state index contributed by atoms with van der Waals surface area (Å²) in [7, 11) is 0.